The van der Waals surface area contributed by atoms with Gasteiger partial charge in [-0.3, -0.25) is 0 Å². The lowest BCUT2D eigenvalue weighted by molar-refractivity contribution is 0.445. The molecule has 4 aromatic rings. The number of aromatic nitrogens is 3. The van der Waals surface area contributed by atoms with Gasteiger partial charge in [-0.15, -0.1) is 15.0 Å². The van der Waals surface area contributed by atoms with Crippen molar-refractivity contribution >= 4 is 22.6 Å². The summed E-state index contributed by atoms with van der Waals surface area (Å²) in [4.78, 5) is 1.52. The fourth-order valence-corrected chi connectivity index (χ4v) is 4.12. The third-order valence-electron chi connectivity index (χ3n) is 5.92. The Hall–Kier alpha value is -2.85. The molecule has 0 aliphatic heterocycles. The van der Waals surface area contributed by atoms with Crippen LogP contribution in [-0.2, 0) is 5.41 Å². The summed E-state index contributed by atoms with van der Waals surface area (Å²) in [7, 11) is 0. The van der Waals surface area contributed by atoms with Crippen LogP contribution >= 0.6 is 11.6 Å². The van der Waals surface area contributed by atoms with E-state index < -0.39 is 0 Å². The lowest BCUT2D eigenvalue weighted by Gasteiger charge is -2.27. The summed E-state index contributed by atoms with van der Waals surface area (Å²) in [6.45, 7) is 6.75. The molecule has 0 aliphatic rings. The van der Waals surface area contributed by atoms with Gasteiger partial charge in [0.05, 0.1) is 0 Å². The predicted molar refractivity (Wildman–Crippen MR) is 128 cm³/mol. The standard InChI is InChI=1S/C26H28ClN3O/c1-4-5-9-14-26(2,3)19-15-21(18-10-7-6-8-11-18)25(31)24(16-19)30-28-22-13-12-20(27)17-23(22)29-30/h6-8,10-13,15-17,31H,4-5,9,14H2,1-3H3. The van der Waals surface area contributed by atoms with E-state index in [1.807, 2.05) is 42.5 Å². The first-order valence-electron chi connectivity index (χ1n) is 10.8. The fourth-order valence-electron chi connectivity index (χ4n) is 3.96. The van der Waals surface area contributed by atoms with Gasteiger partial charge in [0.25, 0.3) is 0 Å². The van der Waals surface area contributed by atoms with Crippen LogP contribution < -0.4 is 0 Å². The molecule has 31 heavy (non-hydrogen) atoms. The molecule has 0 amide bonds. The number of fused-ring (bicyclic) bond motifs is 1. The lowest BCUT2D eigenvalue weighted by atomic mass is 9.78. The van der Waals surface area contributed by atoms with Crippen LogP contribution in [-0.4, -0.2) is 20.1 Å². The Morgan fingerprint density at radius 2 is 1.68 bits per heavy atom. The molecular weight excluding hydrogens is 406 g/mol. The van der Waals surface area contributed by atoms with Gasteiger partial charge < -0.3 is 5.11 Å². The van der Waals surface area contributed by atoms with Crippen LogP contribution in [0.5, 0.6) is 5.75 Å². The average molecular weight is 434 g/mol. The number of hydrogen-bond donors (Lipinski definition) is 1. The largest absolute Gasteiger partial charge is 0.505 e. The summed E-state index contributed by atoms with van der Waals surface area (Å²) in [5, 5.41) is 21.1. The first kappa shape index (κ1) is 21.4. The predicted octanol–water partition coefficient (Wildman–Crippen LogP) is 7.30. The molecule has 4 nitrogen and oxygen atoms in total. The van der Waals surface area contributed by atoms with E-state index in [-0.39, 0.29) is 11.2 Å². The zero-order chi connectivity index (χ0) is 22.0. The highest BCUT2D eigenvalue weighted by molar-refractivity contribution is 6.31. The molecule has 1 aromatic heterocycles. The Labute approximate surface area is 188 Å². The van der Waals surface area contributed by atoms with Gasteiger partial charge in [-0.05, 0) is 53.3 Å². The minimum atomic E-state index is -0.0446. The van der Waals surface area contributed by atoms with Gasteiger partial charge in [0, 0.05) is 10.6 Å². The quantitative estimate of drug-likeness (QED) is 0.311. The average Bonchev–Trinajstić information content (AvgIpc) is 3.17. The summed E-state index contributed by atoms with van der Waals surface area (Å²) in [5.74, 6) is 0.172. The van der Waals surface area contributed by atoms with Crippen LogP contribution in [0.2, 0.25) is 5.02 Å². The minimum Gasteiger partial charge on any atom is -0.505 e. The van der Waals surface area contributed by atoms with Crippen molar-refractivity contribution in [2.24, 2.45) is 0 Å². The molecule has 1 N–H and O–H groups in total. The molecule has 5 heteroatoms. The molecule has 3 aromatic carbocycles. The van der Waals surface area contributed by atoms with Crippen molar-refractivity contribution in [2.45, 2.75) is 51.9 Å². The molecule has 0 saturated heterocycles. The molecule has 0 saturated carbocycles. The van der Waals surface area contributed by atoms with Gasteiger partial charge in [-0.2, -0.15) is 0 Å². The summed E-state index contributed by atoms with van der Waals surface area (Å²) in [5.41, 5.74) is 4.88. The lowest BCUT2D eigenvalue weighted by Crippen LogP contribution is -2.18. The molecule has 1 heterocycles. The highest BCUT2D eigenvalue weighted by Gasteiger charge is 2.25. The van der Waals surface area contributed by atoms with Crippen molar-refractivity contribution in [3.8, 4) is 22.6 Å². The van der Waals surface area contributed by atoms with E-state index in [4.69, 9.17) is 11.6 Å². The fraction of sp³-hybridized carbons (Fsp3) is 0.308. The van der Waals surface area contributed by atoms with Crippen molar-refractivity contribution in [1.29, 1.82) is 0 Å². The monoisotopic (exact) mass is 433 g/mol. The first-order valence-corrected chi connectivity index (χ1v) is 11.2. The highest BCUT2D eigenvalue weighted by Crippen LogP contribution is 2.40. The Bertz CT molecular complexity index is 1200. The van der Waals surface area contributed by atoms with Crippen LogP contribution in [0.4, 0.5) is 0 Å². The van der Waals surface area contributed by atoms with E-state index in [1.54, 1.807) is 12.1 Å². The van der Waals surface area contributed by atoms with Crippen molar-refractivity contribution in [1.82, 2.24) is 15.0 Å². The number of benzene rings is 3. The van der Waals surface area contributed by atoms with Gasteiger partial charge in [0.2, 0.25) is 0 Å². The molecule has 0 fully saturated rings. The number of unbranched alkanes of at least 4 members (excludes halogenated alkanes) is 2. The topological polar surface area (TPSA) is 50.9 Å². The van der Waals surface area contributed by atoms with Gasteiger partial charge in [-0.25, -0.2) is 0 Å². The number of nitrogens with zero attached hydrogens (tertiary/aromatic N) is 3. The first-order chi connectivity index (χ1) is 14.9. The third kappa shape index (κ3) is 4.45. The number of hydrogen-bond acceptors (Lipinski definition) is 3. The van der Waals surface area contributed by atoms with Crippen LogP contribution in [0.1, 0.15) is 52.0 Å². The SMILES string of the molecule is CCCCCC(C)(C)c1cc(-c2ccccc2)c(O)c(-n2nc3ccc(Cl)cc3n2)c1. The van der Waals surface area contributed by atoms with Gasteiger partial charge in [-0.1, -0.05) is 82.0 Å². The smallest absolute Gasteiger partial charge is 0.150 e. The maximum absolute atomic E-state index is 11.3. The molecule has 160 valence electrons. The number of rotatable bonds is 7. The van der Waals surface area contributed by atoms with Crippen molar-refractivity contribution in [3.63, 3.8) is 0 Å². The van der Waals surface area contributed by atoms with E-state index in [1.165, 1.54) is 24.1 Å². The van der Waals surface area contributed by atoms with Crippen molar-refractivity contribution in [3.05, 3.63) is 71.2 Å². The minimum absolute atomic E-state index is 0.0446. The van der Waals surface area contributed by atoms with Gasteiger partial charge in [0.15, 0.2) is 5.75 Å². The highest BCUT2D eigenvalue weighted by atomic mass is 35.5. The van der Waals surface area contributed by atoms with Crippen molar-refractivity contribution < 1.29 is 5.11 Å². The third-order valence-corrected chi connectivity index (χ3v) is 6.15. The Balaban J connectivity index is 1.88. The molecular formula is C26H28ClN3O. The number of aromatic hydroxyl groups is 1. The Kier molecular flexibility index (Phi) is 6.01. The Morgan fingerprint density at radius 3 is 2.42 bits per heavy atom. The second kappa shape index (κ2) is 8.72. The summed E-state index contributed by atoms with van der Waals surface area (Å²) < 4.78 is 0. The second-order valence-electron chi connectivity index (χ2n) is 8.72. The zero-order valence-corrected chi connectivity index (χ0v) is 19.0. The van der Waals surface area contributed by atoms with E-state index in [2.05, 4.69) is 37.0 Å². The Morgan fingerprint density at radius 1 is 0.935 bits per heavy atom. The van der Waals surface area contributed by atoms with Crippen LogP contribution in [0.3, 0.4) is 0 Å². The normalized spacial score (nSPS) is 11.9. The van der Waals surface area contributed by atoms with Gasteiger partial charge >= 0.3 is 0 Å². The molecule has 0 aliphatic carbocycles. The maximum Gasteiger partial charge on any atom is 0.150 e. The molecule has 0 spiro atoms. The molecule has 4 rings (SSSR count). The number of phenolic OH excluding ortho intramolecular Hbond substituents is 1. The van der Waals surface area contributed by atoms with E-state index in [9.17, 15) is 5.11 Å². The zero-order valence-electron chi connectivity index (χ0n) is 18.3. The molecule has 0 bridgehead atoms. The van der Waals surface area contributed by atoms with E-state index in [0.29, 0.717) is 16.2 Å². The summed E-state index contributed by atoms with van der Waals surface area (Å²) in [6, 6.07) is 19.5. The second-order valence-corrected chi connectivity index (χ2v) is 9.16. The molecule has 0 unspecified atom stereocenters. The molecule has 0 atom stereocenters. The summed E-state index contributed by atoms with van der Waals surface area (Å²) >= 11 is 6.13. The number of phenols is 1. The maximum atomic E-state index is 11.3. The van der Waals surface area contributed by atoms with Crippen LogP contribution in [0.15, 0.2) is 60.7 Å². The van der Waals surface area contributed by atoms with Crippen LogP contribution in [0.25, 0.3) is 27.8 Å². The van der Waals surface area contributed by atoms with Crippen LogP contribution in [0, 0.1) is 0 Å². The van der Waals surface area contributed by atoms with E-state index in [0.717, 1.165) is 28.6 Å². The van der Waals surface area contributed by atoms with Gasteiger partial charge in [0.1, 0.15) is 16.7 Å². The number of halogens is 1. The molecule has 0 radical (unpaired) electrons. The van der Waals surface area contributed by atoms with Crippen molar-refractivity contribution in [2.75, 3.05) is 0 Å². The van der Waals surface area contributed by atoms with E-state index >= 15 is 0 Å². The summed E-state index contributed by atoms with van der Waals surface area (Å²) in [6.07, 6.45) is 4.65.